The zero-order valence-electron chi connectivity index (χ0n) is 9.99. The molecule has 0 aromatic rings. The summed E-state index contributed by atoms with van der Waals surface area (Å²) < 4.78 is 0. The fourth-order valence-electron chi connectivity index (χ4n) is 0. The van der Waals surface area contributed by atoms with Crippen molar-refractivity contribution in [3.63, 3.8) is 0 Å². The van der Waals surface area contributed by atoms with Crippen molar-refractivity contribution in [1.29, 1.82) is 31.6 Å². The highest BCUT2D eigenvalue weighted by molar-refractivity contribution is 6.30. The van der Waals surface area contributed by atoms with Crippen LogP contribution in [0.1, 0.15) is 0 Å². The Morgan fingerprint density at radius 3 is 0.350 bits per heavy atom. The maximum Gasteiger partial charge on any atom is 0.631 e. The van der Waals surface area contributed by atoms with Gasteiger partial charge in [-0.2, -0.15) is 0 Å². The normalized spacial score (nSPS) is 3.30. The summed E-state index contributed by atoms with van der Waals surface area (Å²) in [6.07, 6.45) is 0. The van der Waals surface area contributed by atoms with Crippen LogP contribution in [0.2, 0.25) is 0 Å². The lowest BCUT2D eigenvalue weighted by molar-refractivity contribution is 0.276. The quantitative estimate of drug-likeness (QED) is 0.239. The van der Waals surface area contributed by atoms with E-state index in [4.69, 9.17) is 61.7 Å². The molecule has 108 valence electrons. The van der Waals surface area contributed by atoms with Crippen LogP contribution in [0.25, 0.3) is 0 Å². The summed E-state index contributed by atoms with van der Waals surface area (Å²) in [7, 11) is -4.33. The van der Waals surface area contributed by atoms with Gasteiger partial charge >= 0.3 is 14.6 Å². The molecular weight excluding hydrogens is 274 g/mol. The second-order valence-corrected chi connectivity index (χ2v) is 0.693. The van der Waals surface area contributed by atoms with Crippen LogP contribution in [0.3, 0.4) is 0 Å². The summed E-state index contributed by atoms with van der Waals surface area (Å²) in [5, 5.41) is 82.0. The van der Waals surface area contributed by atoms with Crippen molar-refractivity contribution >= 4 is 14.6 Å². The van der Waals surface area contributed by atoms with Crippen LogP contribution in [-0.4, -0.2) is 44.8 Å². The monoisotopic (exact) mass is 286 g/mol. The topological polar surface area (TPSA) is 264 Å². The molecule has 0 aromatic carbocycles. The zero-order chi connectivity index (χ0) is 19.2. The molecule has 0 saturated carbocycles. The average Bonchev–Trinajstić information content (AvgIpc) is 2.50. The summed E-state index contributed by atoms with van der Waals surface area (Å²) in [6, 6.07) is 0. The van der Waals surface area contributed by atoms with Crippen LogP contribution in [0.15, 0.2) is 0 Å². The van der Waals surface area contributed by atoms with E-state index in [0.717, 1.165) is 0 Å². The fourth-order valence-corrected chi connectivity index (χ4v) is 0. The largest absolute Gasteiger partial charge is 0.631 e. The van der Waals surface area contributed by atoms with Gasteiger partial charge in [-0.15, -0.1) is 0 Å². The summed E-state index contributed by atoms with van der Waals surface area (Å²) in [4.78, 5) is 0. The van der Waals surface area contributed by atoms with Gasteiger partial charge in [0, 0.05) is 39.4 Å². The first-order valence-corrected chi connectivity index (χ1v) is 3.10. The van der Waals surface area contributed by atoms with Gasteiger partial charge in [0.25, 0.3) is 0 Å². The number of hydrogen-bond donors (Lipinski definition) is 6. The van der Waals surface area contributed by atoms with Crippen molar-refractivity contribution in [2.24, 2.45) is 0 Å². The van der Waals surface area contributed by atoms with E-state index in [9.17, 15) is 0 Å². The second kappa shape index (κ2) is 435. The maximum atomic E-state index is 7.17. The molecule has 0 atom stereocenters. The van der Waals surface area contributed by atoms with Gasteiger partial charge < -0.3 is 30.1 Å². The molecule has 0 spiro atoms. The van der Waals surface area contributed by atoms with Crippen LogP contribution in [0, 0.1) is 71.0 Å². The van der Waals surface area contributed by atoms with Gasteiger partial charge in [-0.3, -0.25) is 0 Å². The lowest BCUT2D eigenvalue weighted by atomic mass is 10.3. The minimum Gasteiger partial charge on any atom is -0.402 e. The summed E-state index contributed by atoms with van der Waals surface area (Å²) in [5.74, 6) is 0. The van der Waals surface area contributed by atoms with Crippen molar-refractivity contribution in [1.82, 2.24) is 0 Å². The Labute approximate surface area is 117 Å². The molecule has 0 fully saturated rings. The first-order chi connectivity index (χ1) is 9.46. The Morgan fingerprint density at radius 2 is 0.350 bits per heavy atom. The SMILES string of the molecule is C#N.C#N.C#N.C#N.C#N.C#N.OB(O)O.OB(O)O. The summed E-state index contributed by atoms with van der Waals surface area (Å²) in [6.45, 7) is 21.0. The highest BCUT2D eigenvalue weighted by Gasteiger charge is 1.93. The van der Waals surface area contributed by atoms with Gasteiger partial charge in [0.05, 0.1) is 0 Å². The van der Waals surface area contributed by atoms with Crippen molar-refractivity contribution in [2.75, 3.05) is 0 Å². The molecule has 12 nitrogen and oxygen atoms in total. The maximum absolute atomic E-state index is 7.17. The van der Waals surface area contributed by atoms with Crippen molar-refractivity contribution in [3.8, 4) is 39.4 Å². The van der Waals surface area contributed by atoms with Crippen molar-refractivity contribution in [3.05, 3.63) is 0 Å². The molecule has 6 N–H and O–H groups in total. The lowest BCUT2D eigenvalue weighted by Gasteiger charge is -1.69. The third kappa shape index (κ3) is 282. The van der Waals surface area contributed by atoms with Crippen molar-refractivity contribution < 1.29 is 30.1 Å². The standard InChI is InChI=1S/6CHN.2BH3O3/c6*1-2;2*2-1(3)4/h6*1H;2*2-4H. The van der Waals surface area contributed by atoms with E-state index in [0.29, 0.717) is 0 Å². The fraction of sp³-hybridized carbons (Fsp3) is 0. The minimum absolute atomic E-state index is 2.17. The Kier molecular flexibility index (Phi) is 1180. The molecule has 0 saturated heterocycles. The molecule has 0 heterocycles. The highest BCUT2D eigenvalue weighted by atomic mass is 16.5. The zero-order valence-corrected chi connectivity index (χ0v) is 9.99. The van der Waals surface area contributed by atoms with Crippen LogP contribution in [-0.2, 0) is 0 Å². The number of rotatable bonds is 0. The van der Waals surface area contributed by atoms with E-state index in [1.54, 1.807) is 0 Å². The first kappa shape index (κ1) is 54.1. The summed E-state index contributed by atoms with van der Waals surface area (Å²) >= 11 is 0. The second-order valence-electron chi connectivity index (χ2n) is 0.693. The van der Waals surface area contributed by atoms with Gasteiger partial charge in [-0.05, 0) is 0 Å². The Bertz CT molecular complexity index is 167. The molecule has 0 aliphatic heterocycles. The Balaban J connectivity index is -0.0000000142. The van der Waals surface area contributed by atoms with Gasteiger partial charge in [0.2, 0.25) is 0 Å². The molecule has 0 unspecified atom stereocenters. The van der Waals surface area contributed by atoms with Gasteiger partial charge in [-0.1, -0.05) is 0 Å². The molecule has 0 aliphatic carbocycles. The van der Waals surface area contributed by atoms with E-state index in [2.05, 4.69) is 39.4 Å². The van der Waals surface area contributed by atoms with Gasteiger partial charge in [0.1, 0.15) is 0 Å². The smallest absolute Gasteiger partial charge is 0.402 e. The predicted octanol–water partition coefficient (Wildman–Crippen LogP) is -3.26. The Hall–Kier alpha value is -3.17. The number of hydrogen-bond acceptors (Lipinski definition) is 12. The third-order valence-electron chi connectivity index (χ3n) is 0. The Morgan fingerprint density at radius 1 is 0.350 bits per heavy atom. The molecule has 14 heteroatoms. The molecular formula is C6H12B2N6O6. The number of nitriles is 6. The molecule has 0 bridgehead atoms. The van der Waals surface area contributed by atoms with Crippen LogP contribution in [0.5, 0.6) is 0 Å². The molecule has 0 radical (unpaired) electrons. The summed E-state index contributed by atoms with van der Waals surface area (Å²) in [5.41, 5.74) is 0. The number of nitrogens with zero attached hydrogens (tertiary/aromatic N) is 6. The first-order valence-electron chi connectivity index (χ1n) is 3.10. The van der Waals surface area contributed by atoms with E-state index in [-0.39, 0.29) is 0 Å². The molecule has 0 rings (SSSR count). The van der Waals surface area contributed by atoms with Crippen molar-refractivity contribution in [2.45, 2.75) is 0 Å². The molecule has 0 amide bonds. The van der Waals surface area contributed by atoms with Gasteiger partial charge in [-0.25, -0.2) is 31.6 Å². The van der Waals surface area contributed by atoms with E-state index < -0.39 is 14.6 Å². The van der Waals surface area contributed by atoms with Crippen LogP contribution >= 0.6 is 0 Å². The highest BCUT2D eigenvalue weighted by Crippen LogP contribution is 1.40. The van der Waals surface area contributed by atoms with E-state index in [1.165, 1.54) is 0 Å². The molecule has 0 aliphatic rings. The minimum atomic E-state index is -2.17. The van der Waals surface area contributed by atoms with Crippen LogP contribution in [0.4, 0.5) is 0 Å². The molecule has 20 heavy (non-hydrogen) atoms. The third-order valence-corrected chi connectivity index (χ3v) is 0. The lowest BCUT2D eigenvalue weighted by Crippen LogP contribution is -2.07. The van der Waals surface area contributed by atoms with Crippen LogP contribution < -0.4 is 0 Å². The average molecular weight is 286 g/mol. The van der Waals surface area contributed by atoms with E-state index in [1.807, 2.05) is 0 Å². The van der Waals surface area contributed by atoms with Gasteiger partial charge in [0.15, 0.2) is 0 Å². The predicted molar refractivity (Wildman–Crippen MR) is 64.8 cm³/mol. The molecule has 0 aromatic heterocycles. The van der Waals surface area contributed by atoms with E-state index >= 15 is 0 Å².